The third-order valence-corrected chi connectivity index (χ3v) is 3.88. The minimum absolute atomic E-state index is 0.184. The zero-order valence-electron chi connectivity index (χ0n) is 11.1. The molecule has 0 aromatic heterocycles. The molecule has 0 bridgehead atoms. The molecule has 1 aliphatic rings. The molecular weight excluding hydrogens is 237 g/mol. The van der Waals surface area contributed by atoms with E-state index in [1.807, 2.05) is 12.1 Å². The van der Waals surface area contributed by atoms with Crippen LogP contribution >= 0.6 is 0 Å². The molecule has 0 amide bonds. The summed E-state index contributed by atoms with van der Waals surface area (Å²) in [4.78, 5) is 0. The molecule has 0 aliphatic carbocycles. The Labute approximate surface area is 113 Å². The first-order valence-electron chi connectivity index (χ1n) is 6.83. The summed E-state index contributed by atoms with van der Waals surface area (Å²) < 4.78 is 13.0. The molecular formula is C17H18FN. The lowest BCUT2D eigenvalue weighted by molar-refractivity contribution is 0.628. The molecule has 0 spiro atoms. The quantitative estimate of drug-likeness (QED) is 0.818. The van der Waals surface area contributed by atoms with Crippen molar-refractivity contribution >= 4 is 0 Å². The van der Waals surface area contributed by atoms with Gasteiger partial charge in [0.1, 0.15) is 5.82 Å². The van der Waals surface area contributed by atoms with Crippen LogP contribution in [0.25, 0.3) is 11.1 Å². The van der Waals surface area contributed by atoms with E-state index in [0.717, 1.165) is 25.1 Å². The van der Waals surface area contributed by atoms with Crippen LogP contribution in [-0.4, -0.2) is 13.1 Å². The van der Waals surface area contributed by atoms with Crippen LogP contribution in [0.15, 0.2) is 42.5 Å². The maximum Gasteiger partial charge on any atom is 0.123 e. The summed E-state index contributed by atoms with van der Waals surface area (Å²) in [6, 6.07) is 13.4. The fourth-order valence-electron chi connectivity index (χ4n) is 2.75. The van der Waals surface area contributed by atoms with Crippen LogP contribution in [0, 0.1) is 5.82 Å². The average Bonchev–Trinajstić information content (AvgIpc) is 2.62. The van der Waals surface area contributed by atoms with Gasteiger partial charge < -0.3 is 5.32 Å². The molecule has 1 N–H and O–H groups in total. The van der Waals surface area contributed by atoms with Crippen LogP contribution in [0.3, 0.4) is 0 Å². The van der Waals surface area contributed by atoms with E-state index in [1.165, 1.54) is 28.8 Å². The van der Waals surface area contributed by atoms with Crippen LogP contribution in [0.1, 0.15) is 24.0 Å². The Kier molecular flexibility index (Phi) is 3.34. The Hall–Kier alpha value is -1.67. The predicted octanol–water partition coefficient (Wildman–Crippen LogP) is 3.74. The number of benzene rings is 2. The highest BCUT2D eigenvalue weighted by Crippen LogP contribution is 2.28. The van der Waals surface area contributed by atoms with Crippen LogP contribution in [0.5, 0.6) is 0 Å². The highest BCUT2D eigenvalue weighted by molar-refractivity contribution is 5.65. The summed E-state index contributed by atoms with van der Waals surface area (Å²) in [7, 11) is 0. The van der Waals surface area contributed by atoms with Crippen molar-refractivity contribution in [2.75, 3.05) is 13.1 Å². The zero-order chi connectivity index (χ0) is 13.2. The number of fused-ring (bicyclic) bond motifs is 1. The van der Waals surface area contributed by atoms with Crippen LogP contribution in [-0.2, 0) is 6.42 Å². The smallest absolute Gasteiger partial charge is 0.123 e. The lowest BCUT2D eigenvalue weighted by Gasteiger charge is -2.14. The molecule has 0 unspecified atom stereocenters. The van der Waals surface area contributed by atoms with Gasteiger partial charge in [-0.3, -0.25) is 0 Å². The molecule has 1 nitrogen and oxygen atoms in total. The van der Waals surface area contributed by atoms with Gasteiger partial charge in [-0.2, -0.15) is 0 Å². The zero-order valence-corrected chi connectivity index (χ0v) is 11.1. The maximum absolute atomic E-state index is 13.0. The van der Waals surface area contributed by atoms with Gasteiger partial charge >= 0.3 is 0 Å². The van der Waals surface area contributed by atoms with Crippen molar-refractivity contribution < 1.29 is 4.39 Å². The molecule has 1 atom stereocenters. The molecule has 98 valence electrons. The molecule has 2 heteroatoms. The van der Waals surface area contributed by atoms with E-state index in [2.05, 4.69) is 30.4 Å². The van der Waals surface area contributed by atoms with Crippen molar-refractivity contribution in [3.05, 3.63) is 59.4 Å². The molecule has 2 aromatic rings. The van der Waals surface area contributed by atoms with Gasteiger partial charge in [-0.05, 0) is 53.3 Å². The van der Waals surface area contributed by atoms with E-state index < -0.39 is 0 Å². The van der Waals surface area contributed by atoms with E-state index in [-0.39, 0.29) is 5.82 Å². The lowest BCUT2D eigenvalue weighted by atomic mass is 9.91. The van der Waals surface area contributed by atoms with E-state index in [4.69, 9.17) is 0 Å². The lowest BCUT2D eigenvalue weighted by Crippen LogP contribution is -2.18. The third-order valence-electron chi connectivity index (χ3n) is 3.88. The summed E-state index contributed by atoms with van der Waals surface area (Å²) in [5, 5.41) is 3.46. The summed E-state index contributed by atoms with van der Waals surface area (Å²) in [5.74, 6) is 0.342. The Morgan fingerprint density at radius 1 is 1.05 bits per heavy atom. The molecule has 1 aliphatic heterocycles. The van der Waals surface area contributed by atoms with E-state index in [9.17, 15) is 4.39 Å². The number of rotatable bonds is 1. The fourth-order valence-corrected chi connectivity index (χ4v) is 2.75. The van der Waals surface area contributed by atoms with Crippen LogP contribution in [0.2, 0.25) is 0 Å². The van der Waals surface area contributed by atoms with Crippen molar-refractivity contribution in [1.29, 1.82) is 0 Å². The van der Waals surface area contributed by atoms with Gasteiger partial charge in [-0.1, -0.05) is 37.3 Å². The largest absolute Gasteiger partial charge is 0.316 e. The van der Waals surface area contributed by atoms with Crippen LogP contribution in [0.4, 0.5) is 4.39 Å². The minimum atomic E-state index is -0.184. The van der Waals surface area contributed by atoms with Crippen LogP contribution < -0.4 is 5.32 Å². The van der Waals surface area contributed by atoms with Gasteiger partial charge in [0.15, 0.2) is 0 Å². The van der Waals surface area contributed by atoms with Crippen molar-refractivity contribution in [2.24, 2.45) is 0 Å². The van der Waals surface area contributed by atoms with E-state index in [1.54, 1.807) is 0 Å². The fraction of sp³-hybridized carbons (Fsp3) is 0.294. The Balaban J connectivity index is 2.02. The average molecular weight is 255 g/mol. The number of nitrogens with one attached hydrogen (secondary N) is 1. The molecule has 2 aromatic carbocycles. The van der Waals surface area contributed by atoms with E-state index in [0.29, 0.717) is 5.92 Å². The Bertz CT molecular complexity index is 574. The van der Waals surface area contributed by atoms with Gasteiger partial charge in [-0.25, -0.2) is 4.39 Å². The molecule has 19 heavy (non-hydrogen) atoms. The highest BCUT2D eigenvalue weighted by Gasteiger charge is 2.15. The minimum Gasteiger partial charge on any atom is -0.316 e. The van der Waals surface area contributed by atoms with Crippen molar-refractivity contribution in [1.82, 2.24) is 5.32 Å². The van der Waals surface area contributed by atoms with Crippen molar-refractivity contribution in [2.45, 2.75) is 19.3 Å². The van der Waals surface area contributed by atoms with Crippen molar-refractivity contribution in [3.63, 3.8) is 0 Å². The van der Waals surface area contributed by atoms with Gasteiger partial charge in [0.2, 0.25) is 0 Å². The van der Waals surface area contributed by atoms with Gasteiger partial charge in [0.25, 0.3) is 0 Å². The summed E-state index contributed by atoms with van der Waals surface area (Å²) in [6.45, 7) is 4.33. The van der Waals surface area contributed by atoms with Gasteiger partial charge in [0.05, 0.1) is 0 Å². The number of hydrogen-bond acceptors (Lipinski definition) is 1. The maximum atomic E-state index is 13.0. The molecule has 1 heterocycles. The van der Waals surface area contributed by atoms with Gasteiger partial charge in [-0.15, -0.1) is 0 Å². The van der Waals surface area contributed by atoms with Crippen molar-refractivity contribution in [3.8, 4) is 11.1 Å². The van der Waals surface area contributed by atoms with Gasteiger partial charge in [0, 0.05) is 6.54 Å². The standard InChI is InChI=1S/C17H18FN/c1-12-11-19-9-8-14-2-3-15(10-17(12)14)13-4-6-16(18)7-5-13/h2-7,10,12,19H,8-9,11H2,1H3/t12-/m1/s1. The second-order valence-electron chi connectivity index (χ2n) is 5.28. The third kappa shape index (κ3) is 2.54. The highest BCUT2D eigenvalue weighted by atomic mass is 19.1. The molecule has 0 radical (unpaired) electrons. The number of halogens is 1. The summed E-state index contributed by atoms with van der Waals surface area (Å²) in [5.41, 5.74) is 5.11. The normalized spacial score (nSPS) is 18.7. The summed E-state index contributed by atoms with van der Waals surface area (Å²) >= 11 is 0. The summed E-state index contributed by atoms with van der Waals surface area (Å²) in [6.07, 6.45) is 1.09. The SMILES string of the molecule is C[C@@H]1CNCCc2ccc(-c3ccc(F)cc3)cc21. The second kappa shape index (κ2) is 5.14. The molecule has 0 fully saturated rings. The first kappa shape index (κ1) is 12.4. The first-order chi connectivity index (χ1) is 9.24. The molecule has 0 saturated heterocycles. The second-order valence-corrected chi connectivity index (χ2v) is 5.28. The first-order valence-corrected chi connectivity index (χ1v) is 6.83. The Morgan fingerprint density at radius 3 is 2.58 bits per heavy atom. The number of hydrogen-bond donors (Lipinski definition) is 1. The monoisotopic (exact) mass is 255 g/mol. The topological polar surface area (TPSA) is 12.0 Å². The molecule has 0 saturated carbocycles. The molecule has 3 rings (SSSR count). The van der Waals surface area contributed by atoms with E-state index >= 15 is 0 Å². The predicted molar refractivity (Wildman–Crippen MR) is 76.8 cm³/mol. The Morgan fingerprint density at radius 2 is 1.79 bits per heavy atom.